The van der Waals surface area contributed by atoms with Crippen LogP contribution < -0.4 is 10.2 Å². The molecule has 3 rings (SSSR count). The zero-order valence-electron chi connectivity index (χ0n) is 9.32. The lowest BCUT2D eigenvalue weighted by molar-refractivity contribution is 0.547. The van der Waals surface area contributed by atoms with Gasteiger partial charge in [0.25, 0.3) is 0 Å². The van der Waals surface area contributed by atoms with E-state index in [0.29, 0.717) is 6.04 Å². The molecule has 2 fully saturated rings. The highest BCUT2D eigenvalue weighted by Gasteiger charge is 2.29. The molecule has 0 spiro atoms. The van der Waals surface area contributed by atoms with Crippen LogP contribution in [0, 0.1) is 5.82 Å². The number of hydrogen-bond donors (Lipinski definition) is 1. The molecule has 0 bridgehead atoms. The van der Waals surface area contributed by atoms with Crippen molar-refractivity contribution in [3.05, 3.63) is 30.1 Å². The van der Waals surface area contributed by atoms with E-state index in [1.54, 1.807) is 6.07 Å². The van der Waals surface area contributed by atoms with Crippen LogP contribution in [0.2, 0.25) is 0 Å². The zero-order chi connectivity index (χ0) is 11.0. The molecule has 1 saturated carbocycles. The van der Waals surface area contributed by atoms with Crippen molar-refractivity contribution >= 4 is 5.69 Å². The topological polar surface area (TPSA) is 15.3 Å². The predicted molar refractivity (Wildman–Crippen MR) is 63.2 cm³/mol. The van der Waals surface area contributed by atoms with Crippen LogP contribution in [0.15, 0.2) is 24.3 Å². The van der Waals surface area contributed by atoms with Crippen LogP contribution >= 0.6 is 0 Å². The summed E-state index contributed by atoms with van der Waals surface area (Å²) in [5.41, 5.74) is 0.752. The highest BCUT2D eigenvalue weighted by molar-refractivity contribution is 5.48. The minimum Gasteiger partial charge on any atom is -0.368 e. The highest BCUT2D eigenvalue weighted by Crippen LogP contribution is 2.26. The van der Waals surface area contributed by atoms with Gasteiger partial charge in [0, 0.05) is 25.2 Å². The van der Waals surface area contributed by atoms with Gasteiger partial charge in [0.05, 0.1) is 5.69 Å². The molecule has 1 aromatic carbocycles. The lowest BCUT2D eigenvalue weighted by atomic mass is 10.2. The van der Waals surface area contributed by atoms with Crippen LogP contribution in [0.3, 0.4) is 0 Å². The fourth-order valence-corrected chi connectivity index (χ4v) is 2.41. The van der Waals surface area contributed by atoms with Gasteiger partial charge in [-0.15, -0.1) is 0 Å². The van der Waals surface area contributed by atoms with Crippen molar-refractivity contribution in [1.82, 2.24) is 5.32 Å². The first-order valence-electron chi connectivity index (χ1n) is 6.08. The van der Waals surface area contributed by atoms with Crippen LogP contribution in [0.1, 0.15) is 19.3 Å². The maximum absolute atomic E-state index is 13.6. The van der Waals surface area contributed by atoms with Crippen molar-refractivity contribution < 1.29 is 4.39 Å². The Hall–Kier alpha value is -1.09. The summed E-state index contributed by atoms with van der Waals surface area (Å²) in [7, 11) is 0. The molecular weight excluding hydrogens is 203 g/mol. The van der Waals surface area contributed by atoms with Gasteiger partial charge in [0.1, 0.15) is 5.82 Å². The summed E-state index contributed by atoms with van der Waals surface area (Å²) >= 11 is 0. The summed E-state index contributed by atoms with van der Waals surface area (Å²) in [6, 6.07) is 8.35. The molecule has 1 atom stereocenters. The van der Waals surface area contributed by atoms with Crippen LogP contribution in [0.5, 0.6) is 0 Å². The van der Waals surface area contributed by atoms with Gasteiger partial charge in [-0.05, 0) is 31.4 Å². The number of hydrogen-bond acceptors (Lipinski definition) is 2. The van der Waals surface area contributed by atoms with Gasteiger partial charge in [-0.3, -0.25) is 0 Å². The molecular formula is C13H17FN2. The quantitative estimate of drug-likeness (QED) is 0.839. The number of para-hydroxylation sites is 1. The monoisotopic (exact) mass is 220 g/mol. The van der Waals surface area contributed by atoms with E-state index in [9.17, 15) is 4.39 Å². The van der Waals surface area contributed by atoms with Gasteiger partial charge in [0.2, 0.25) is 0 Å². The Bertz CT molecular complexity index is 376. The van der Waals surface area contributed by atoms with Crippen molar-refractivity contribution in [2.24, 2.45) is 0 Å². The van der Waals surface area contributed by atoms with Crippen LogP contribution in [0.25, 0.3) is 0 Å². The number of halogens is 1. The second-order valence-corrected chi connectivity index (χ2v) is 4.82. The molecule has 0 radical (unpaired) electrons. The average Bonchev–Trinajstić information content (AvgIpc) is 2.97. The van der Waals surface area contributed by atoms with Crippen molar-refractivity contribution in [3.63, 3.8) is 0 Å². The largest absolute Gasteiger partial charge is 0.368 e. The molecule has 3 heteroatoms. The highest BCUT2D eigenvalue weighted by atomic mass is 19.1. The summed E-state index contributed by atoms with van der Waals surface area (Å²) in [5.74, 6) is -0.102. The molecule has 0 amide bonds. The summed E-state index contributed by atoms with van der Waals surface area (Å²) in [5, 5.41) is 3.61. The van der Waals surface area contributed by atoms with Crippen molar-refractivity contribution in [2.45, 2.75) is 31.3 Å². The Kier molecular flexibility index (Phi) is 2.56. The third kappa shape index (κ3) is 2.05. The smallest absolute Gasteiger partial charge is 0.146 e. The maximum atomic E-state index is 13.6. The third-order valence-corrected chi connectivity index (χ3v) is 3.43. The summed E-state index contributed by atoms with van der Waals surface area (Å²) in [4.78, 5) is 2.15. The molecule has 1 aliphatic carbocycles. The maximum Gasteiger partial charge on any atom is 0.146 e. The van der Waals surface area contributed by atoms with E-state index in [-0.39, 0.29) is 5.82 Å². The normalized spacial score (nSPS) is 25.1. The Balaban J connectivity index is 1.66. The number of rotatable bonds is 3. The third-order valence-electron chi connectivity index (χ3n) is 3.43. The molecule has 0 aromatic heterocycles. The molecule has 86 valence electrons. The predicted octanol–water partition coefficient (Wildman–Crippen LogP) is 2.16. The van der Waals surface area contributed by atoms with E-state index in [0.717, 1.165) is 31.2 Å². The summed E-state index contributed by atoms with van der Waals surface area (Å²) in [6.45, 7) is 1.91. The van der Waals surface area contributed by atoms with Gasteiger partial charge < -0.3 is 10.2 Å². The Morgan fingerprint density at radius 1 is 1.12 bits per heavy atom. The van der Waals surface area contributed by atoms with E-state index >= 15 is 0 Å². The Morgan fingerprint density at radius 3 is 2.69 bits per heavy atom. The molecule has 16 heavy (non-hydrogen) atoms. The fourth-order valence-electron chi connectivity index (χ4n) is 2.41. The number of benzene rings is 1. The second-order valence-electron chi connectivity index (χ2n) is 4.82. The van der Waals surface area contributed by atoms with Gasteiger partial charge in [-0.25, -0.2) is 4.39 Å². The van der Waals surface area contributed by atoms with Crippen molar-refractivity contribution in [3.8, 4) is 0 Å². The standard InChI is InChI=1S/C13H17FN2/c14-12-3-1-2-4-13(12)16-8-7-11(9-16)15-10-5-6-10/h1-4,10-11,15H,5-9H2. The Morgan fingerprint density at radius 2 is 1.94 bits per heavy atom. The van der Waals surface area contributed by atoms with E-state index < -0.39 is 0 Å². The number of nitrogens with zero attached hydrogens (tertiary/aromatic N) is 1. The lowest BCUT2D eigenvalue weighted by Crippen LogP contribution is -2.34. The average molecular weight is 220 g/mol. The molecule has 1 unspecified atom stereocenters. The van der Waals surface area contributed by atoms with Crippen molar-refractivity contribution in [2.75, 3.05) is 18.0 Å². The molecule has 1 heterocycles. The second kappa shape index (κ2) is 4.06. The van der Waals surface area contributed by atoms with Crippen LogP contribution in [0.4, 0.5) is 10.1 Å². The van der Waals surface area contributed by atoms with E-state index in [1.807, 2.05) is 12.1 Å². The van der Waals surface area contributed by atoms with E-state index in [2.05, 4.69) is 10.2 Å². The van der Waals surface area contributed by atoms with Crippen LogP contribution in [-0.4, -0.2) is 25.2 Å². The minimum absolute atomic E-state index is 0.102. The summed E-state index contributed by atoms with van der Waals surface area (Å²) in [6.07, 6.45) is 3.76. The van der Waals surface area contributed by atoms with Gasteiger partial charge >= 0.3 is 0 Å². The first-order chi connectivity index (χ1) is 7.83. The van der Waals surface area contributed by atoms with Gasteiger partial charge in [-0.2, -0.15) is 0 Å². The number of anilines is 1. The number of nitrogens with one attached hydrogen (secondary N) is 1. The van der Waals surface area contributed by atoms with E-state index in [4.69, 9.17) is 0 Å². The summed E-state index contributed by atoms with van der Waals surface area (Å²) < 4.78 is 13.6. The molecule has 1 aliphatic heterocycles. The van der Waals surface area contributed by atoms with Crippen molar-refractivity contribution in [1.29, 1.82) is 0 Å². The molecule has 2 aliphatic rings. The zero-order valence-corrected chi connectivity index (χ0v) is 9.32. The molecule has 1 N–H and O–H groups in total. The fraction of sp³-hybridized carbons (Fsp3) is 0.538. The molecule has 2 nitrogen and oxygen atoms in total. The molecule has 1 aromatic rings. The van der Waals surface area contributed by atoms with Gasteiger partial charge in [0.15, 0.2) is 0 Å². The lowest BCUT2D eigenvalue weighted by Gasteiger charge is -2.19. The first kappa shape index (κ1) is 10.1. The SMILES string of the molecule is Fc1ccccc1N1CCC(NC2CC2)C1. The van der Waals surface area contributed by atoms with Gasteiger partial charge in [-0.1, -0.05) is 12.1 Å². The molecule has 1 saturated heterocycles. The van der Waals surface area contributed by atoms with Crippen LogP contribution in [-0.2, 0) is 0 Å². The Labute approximate surface area is 95.4 Å². The minimum atomic E-state index is -0.102. The first-order valence-corrected chi connectivity index (χ1v) is 6.08. The van der Waals surface area contributed by atoms with E-state index in [1.165, 1.54) is 18.9 Å².